The summed E-state index contributed by atoms with van der Waals surface area (Å²) in [5.74, 6) is 1.09. The van der Waals surface area contributed by atoms with Gasteiger partial charge in [-0.3, -0.25) is 0 Å². The van der Waals surface area contributed by atoms with Gasteiger partial charge in [0.1, 0.15) is 0 Å². The van der Waals surface area contributed by atoms with Gasteiger partial charge in [0, 0.05) is 10.5 Å². The van der Waals surface area contributed by atoms with Crippen LogP contribution < -0.4 is 5.73 Å². The maximum atomic E-state index is 6.19. The molecule has 0 saturated heterocycles. The van der Waals surface area contributed by atoms with Crippen molar-refractivity contribution in [3.05, 3.63) is 30.2 Å². The number of hydrogen-bond donors (Lipinski definition) is 1. The summed E-state index contributed by atoms with van der Waals surface area (Å²) in [6, 6.07) is 8.08. The van der Waals surface area contributed by atoms with Crippen molar-refractivity contribution in [2.24, 2.45) is 5.73 Å². The third-order valence-corrected chi connectivity index (χ3v) is 3.78. The first-order valence-corrected chi connectivity index (χ1v) is 7.57. The summed E-state index contributed by atoms with van der Waals surface area (Å²) in [4.78, 5) is 5.63. The molecule has 0 aliphatic rings. The Labute approximate surface area is 117 Å². The van der Waals surface area contributed by atoms with Crippen LogP contribution in [0.4, 0.5) is 0 Å². The molecule has 2 N–H and O–H groups in total. The molecule has 0 bridgehead atoms. The lowest BCUT2D eigenvalue weighted by Gasteiger charge is -2.18. The minimum Gasteiger partial charge on any atom is -0.337 e. The van der Waals surface area contributed by atoms with E-state index in [9.17, 15) is 0 Å². The summed E-state index contributed by atoms with van der Waals surface area (Å²) < 4.78 is 5.30. The molecule has 19 heavy (non-hydrogen) atoms. The number of thioether (sulfide) groups is 1. The zero-order valence-electron chi connectivity index (χ0n) is 11.5. The monoisotopic (exact) mass is 277 g/mol. The normalized spacial score (nSPS) is 14.3. The van der Waals surface area contributed by atoms with E-state index in [-0.39, 0.29) is 0 Å². The Morgan fingerprint density at radius 3 is 2.58 bits per heavy atom. The average Bonchev–Trinajstić information content (AvgIpc) is 2.89. The molecule has 0 aliphatic heterocycles. The van der Waals surface area contributed by atoms with Gasteiger partial charge in [-0.1, -0.05) is 18.5 Å². The van der Waals surface area contributed by atoms with Crippen LogP contribution in [-0.2, 0) is 5.54 Å². The molecule has 0 aliphatic carbocycles. The van der Waals surface area contributed by atoms with Gasteiger partial charge < -0.3 is 10.3 Å². The number of hydrogen-bond acceptors (Lipinski definition) is 5. The molecule has 1 aromatic carbocycles. The molecule has 0 fully saturated rings. The number of nitrogens with zero attached hydrogens (tertiary/aromatic N) is 2. The van der Waals surface area contributed by atoms with Crippen LogP contribution >= 0.6 is 11.8 Å². The Hall–Kier alpha value is -1.33. The van der Waals surface area contributed by atoms with E-state index in [1.807, 2.05) is 37.4 Å². The summed E-state index contributed by atoms with van der Waals surface area (Å²) in [6.45, 7) is 4.01. The molecule has 2 rings (SSSR count). The van der Waals surface area contributed by atoms with Crippen LogP contribution in [0.25, 0.3) is 11.4 Å². The van der Waals surface area contributed by atoms with Crippen molar-refractivity contribution in [1.29, 1.82) is 0 Å². The fourth-order valence-corrected chi connectivity index (χ4v) is 2.35. The van der Waals surface area contributed by atoms with Crippen molar-refractivity contribution >= 4 is 11.8 Å². The third-order valence-electron chi connectivity index (χ3n) is 3.03. The second-order valence-electron chi connectivity index (χ2n) is 4.82. The van der Waals surface area contributed by atoms with Gasteiger partial charge in [0.2, 0.25) is 11.7 Å². The lowest BCUT2D eigenvalue weighted by Crippen LogP contribution is -2.33. The highest BCUT2D eigenvalue weighted by molar-refractivity contribution is 7.98. The summed E-state index contributed by atoms with van der Waals surface area (Å²) in [5.41, 5.74) is 6.57. The second kappa shape index (κ2) is 5.75. The molecule has 1 unspecified atom stereocenters. The predicted octanol–water partition coefficient (Wildman–Crippen LogP) is 3.43. The molecule has 5 heteroatoms. The number of nitrogens with two attached hydrogens (primary N) is 1. The first-order valence-electron chi connectivity index (χ1n) is 6.34. The van der Waals surface area contributed by atoms with E-state index in [1.54, 1.807) is 11.8 Å². The quantitative estimate of drug-likeness (QED) is 0.848. The zero-order chi connectivity index (χ0) is 13.9. The maximum Gasteiger partial charge on any atom is 0.246 e. The molecule has 0 radical (unpaired) electrons. The molecule has 4 nitrogen and oxygen atoms in total. The Morgan fingerprint density at radius 1 is 1.32 bits per heavy atom. The standard InChI is InChI=1S/C14H19N3OS/c1-4-9-14(2,15)13-16-12(17-18-13)10-5-7-11(19-3)8-6-10/h5-8H,4,9,15H2,1-3H3. The maximum absolute atomic E-state index is 6.19. The molecular formula is C14H19N3OS. The third kappa shape index (κ3) is 3.16. The van der Waals surface area contributed by atoms with Crippen molar-refractivity contribution in [1.82, 2.24) is 10.1 Å². The fraction of sp³-hybridized carbons (Fsp3) is 0.429. The molecule has 1 aromatic heterocycles. The van der Waals surface area contributed by atoms with Gasteiger partial charge in [-0.05, 0) is 43.9 Å². The largest absolute Gasteiger partial charge is 0.337 e. The van der Waals surface area contributed by atoms with Crippen LogP contribution in [0.15, 0.2) is 33.7 Å². The lowest BCUT2D eigenvalue weighted by molar-refractivity contribution is 0.284. The Bertz CT molecular complexity index is 534. The Kier molecular flexibility index (Phi) is 4.27. The van der Waals surface area contributed by atoms with Crippen LogP contribution in [0.1, 0.15) is 32.6 Å². The smallest absolute Gasteiger partial charge is 0.246 e. The molecule has 0 spiro atoms. The summed E-state index contributed by atoms with van der Waals surface area (Å²) >= 11 is 1.70. The first-order chi connectivity index (χ1) is 9.06. The van der Waals surface area contributed by atoms with E-state index >= 15 is 0 Å². The molecule has 0 amide bonds. The summed E-state index contributed by atoms with van der Waals surface area (Å²) in [6.07, 6.45) is 3.85. The van der Waals surface area contributed by atoms with E-state index in [0.29, 0.717) is 11.7 Å². The second-order valence-corrected chi connectivity index (χ2v) is 5.70. The van der Waals surface area contributed by atoms with Gasteiger partial charge in [0.25, 0.3) is 0 Å². The fourth-order valence-electron chi connectivity index (χ4n) is 1.94. The highest BCUT2D eigenvalue weighted by Crippen LogP contribution is 2.25. The van der Waals surface area contributed by atoms with Gasteiger partial charge in [-0.2, -0.15) is 4.98 Å². The highest BCUT2D eigenvalue weighted by Gasteiger charge is 2.27. The van der Waals surface area contributed by atoms with Crippen LogP contribution in [0, 0.1) is 0 Å². The Morgan fingerprint density at radius 2 is 2.00 bits per heavy atom. The van der Waals surface area contributed by atoms with E-state index in [1.165, 1.54) is 4.90 Å². The van der Waals surface area contributed by atoms with Crippen LogP contribution in [-0.4, -0.2) is 16.4 Å². The minimum absolute atomic E-state index is 0.498. The van der Waals surface area contributed by atoms with E-state index in [4.69, 9.17) is 10.3 Å². The first kappa shape index (κ1) is 14.1. The van der Waals surface area contributed by atoms with Gasteiger partial charge in [-0.25, -0.2) is 0 Å². The highest BCUT2D eigenvalue weighted by atomic mass is 32.2. The SMILES string of the molecule is CCCC(C)(N)c1nc(-c2ccc(SC)cc2)no1. The van der Waals surface area contributed by atoms with E-state index in [2.05, 4.69) is 17.1 Å². The zero-order valence-corrected chi connectivity index (χ0v) is 12.3. The van der Waals surface area contributed by atoms with E-state index in [0.717, 1.165) is 18.4 Å². The van der Waals surface area contributed by atoms with Gasteiger partial charge in [-0.15, -0.1) is 11.8 Å². The molecular weight excluding hydrogens is 258 g/mol. The topological polar surface area (TPSA) is 64.9 Å². The van der Waals surface area contributed by atoms with E-state index < -0.39 is 5.54 Å². The van der Waals surface area contributed by atoms with Crippen molar-refractivity contribution in [2.75, 3.05) is 6.26 Å². The summed E-state index contributed by atoms with van der Waals surface area (Å²) in [5, 5.41) is 4.02. The summed E-state index contributed by atoms with van der Waals surface area (Å²) in [7, 11) is 0. The van der Waals surface area contributed by atoms with Crippen molar-refractivity contribution in [3.63, 3.8) is 0 Å². The minimum atomic E-state index is -0.556. The molecule has 102 valence electrons. The van der Waals surface area contributed by atoms with Gasteiger partial charge in [0.05, 0.1) is 5.54 Å². The average molecular weight is 277 g/mol. The molecule has 1 atom stereocenters. The molecule has 0 saturated carbocycles. The number of rotatable bonds is 5. The van der Waals surface area contributed by atoms with Crippen LogP contribution in [0.2, 0.25) is 0 Å². The van der Waals surface area contributed by atoms with Gasteiger partial charge >= 0.3 is 0 Å². The van der Waals surface area contributed by atoms with Gasteiger partial charge in [0.15, 0.2) is 0 Å². The number of benzene rings is 1. The van der Waals surface area contributed by atoms with Crippen molar-refractivity contribution in [3.8, 4) is 11.4 Å². The molecule has 1 heterocycles. The number of aromatic nitrogens is 2. The lowest BCUT2D eigenvalue weighted by atomic mass is 9.98. The Balaban J connectivity index is 2.25. The van der Waals surface area contributed by atoms with Crippen LogP contribution in [0.3, 0.4) is 0 Å². The van der Waals surface area contributed by atoms with Crippen molar-refractivity contribution in [2.45, 2.75) is 37.1 Å². The van der Waals surface area contributed by atoms with Crippen LogP contribution in [0.5, 0.6) is 0 Å². The molecule has 2 aromatic rings. The predicted molar refractivity (Wildman–Crippen MR) is 78.0 cm³/mol. The van der Waals surface area contributed by atoms with Crippen molar-refractivity contribution < 1.29 is 4.52 Å².